The monoisotopic (exact) mass is 334 g/mol. The van der Waals surface area contributed by atoms with Gasteiger partial charge < -0.3 is 5.32 Å². The molecule has 126 valence electrons. The Labute approximate surface area is 145 Å². The smallest absolute Gasteiger partial charge is 0.254 e. The van der Waals surface area contributed by atoms with Crippen LogP contribution in [0.3, 0.4) is 0 Å². The van der Waals surface area contributed by atoms with Gasteiger partial charge in [0.2, 0.25) is 5.91 Å². The van der Waals surface area contributed by atoms with Crippen molar-refractivity contribution in [3.63, 3.8) is 0 Å². The Morgan fingerprint density at radius 2 is 1.84 bits per heavy atom. The molecule has 1 N–H and O–H groups in total. The first-order valence-electron chi connectivity index (χ1n) is 7.91. The minimum atomic E-state index is -0.260. The lowest BCUT2D eigenvalue weighted by Gasteiger charge is -2.08. The van der Waals surface area contributed by atoms with Crippen LogP contribution in [-0.2, 0) is 17.9 Å². The maximum atomic E-state index is 12.2. The van der Waals surface area contributed by atoms with Crippen molar-refractivity contribution in [3.05, 3.63) is 82.7 Å². The van der Waals surface area contributed by atoms with Gasteiger partial charge in [-0.2, -0.15) is 0 Å². The van der Waals surface area contributed by atoms with Crippen molar-refractivity contribution in [2.75, 3.05) is 0 Å². The molecule has 0 spiro atoms. The molecule has 3 rings (SSSR count). The van der Waals surface area contributed by atoms with Gasteiger partial charge in [-0.25, -0.2) is 4.98 Å². The highest BCUT2D eigenvalue weighted by atomic mass is 16.2. The third-order valence-electron chi connectivity index (χ3n) is 3.78. The van der Waals surface area contributed by atoms with Gasteiger partial charge >= 0.3 is 0 Å². The molecular weight excluding hydrogens is 316 g/mol. The molecular formula is C19H18N4O2. The Balaban J connectivity index is 1.66. The summed E-state index contributed by atoms with van der Waals surface area (Å²) >= 11 is 0. The van der Waals surface area contributed by atoms with Crippen LogP contribution in [0.25, 0.3) is 11.3 Å². The van der Waals surface area contributed by atoms with Crippen molar-refractivity contribution in [3.8, 4) is 11.3 Å². The number of amides is 1. The topological polar surface area (TPSA) is 76.9 Å². The quantitative estimate of drug-likeness (QED) is 0.773. The van der Waals surface area contributed by atoms with Crippen LogP contribution in [-0.4, -0.2) is 20.4 Å². The highest BCUT2D eigenvalue weighted by molar-refractivity contribution is 5.75. The second-order valence-electron chi connectivity index (χ2n) is 5.74. The lowest BCUT2D eigenvalue weighted by Crippen LogP contribution is -2.31. The van der Waals surface area contributed by atoms with Crippen molar-refractivity contribution < 1.29 is 4.79 Å². The molecule has 0 aliphatic carbocycles. The van der Waals surface area contributed by atoms with E-state index in [4.69, 9.17) is 0 Å². The van der Waals surface area contributed by atoms with Gasteiger partial charge in [-0.1, -0.05) is 29.8 Å². The molecule has 2 aromatic heterocycles. The van der Waals surface area contributed by atoms with Gasteiger partial charge in [0, 0.05) is 30.6 Å². The van der Waals surface area contributed by atoms with Crippen LogP contribution in [0.2, 0.25) is 0 Å². The highest BCUT2D eigenvalue weighted by Crippen LogP contribution is 2.15. The third kappa shape index (κ3) is 4.38. The molecule has 0 saturated carbocycles. The molecule has 0 fully saturated rings. The Morgan fingerprint density at radius 3 is 2.52 bits per heavy atom. The summed E-state index contributed by atoms with van der Waals surface area (Å²) in [5, 5.41) is 2.77. The Bertz CT molecular complexity index is 918. The molecule has 0 bridgehead atoms. The number of pyridine rings is 1. The first-order chi connectivity index (χ1) is 12.1. The summed E-state index contributed by atoms with van der Waals surface area (Å²) < 4.78 is 1.29. The molecule has 1 amide bonds. The van der Waals surface area contributed by atoms with Crippen molar-refractivity contribution >= 4 is 5.91 Å². The zero-order valence-electron chi connectivity index (χ0n) is 13.8. The zero-order chi connectivity index (χ0) is 17.6. The summed E-state index contributed by atoms with van der Waals surface area (Å²) in [6.07, 6.45) is 4.74. The molecule has 2 heterocycles. The van der Waals surface area contributed by atoms with E-state index in [-0.39, 0.29) is 18.0 Å². The predicted octanol–water partition coefficient (Wildman–Crippen LogP) is 1.93. The molecule has 1 aromatic carbocycles. The molecule has 0 atom stereocenters. The van der Waals surface area contributed by atoms with Crippen LogP contribution in [0.15, 0.2) is 66.0 Å². The average molecular weight is 334 g/mol. The van der Waals surface area contributed by atoms with Crippen LogP contribution in [0.4, 0.5) is 0 Å². The predicted molar refractivity (Wildman–Crippen MR) is 94.8 cm³/mol. The van der Waals surface area contributed by atoms with Gasteiger partial charge in [-0.15, -0.1) is 0 Å². The number of hydrogen-bond donors (Lipinski definition) is 1. The number of carbonyl (C=O) groups excluding carboxylic acids is 1. The van der Waals surface area contributed by atoms with E-state index in [0.29, 0.717) is 12.2 Å². The van der Waals surface area contributed by atoms with E-state index in [1.807, 2.05) is 43.3 Å². The molecule has 0 saturated heterocycles. The van der Waals surface area contributed by atoms with Crippen LogP contribution in [0.1, 0.15) is 11.1 Å². The van der Waals surface area contributed by atoms with E-state index in [2.05, 4.69) is 15.3 Å². The van der Waals surface area contributed by atoms with Gasteiger partial charge in [0.25, 0.3) is 5.56 Å². The Hall–Kier alpha value is -3.28. The largest absolute Gasteiger partial charge is 0.350 e. The van der Waals surface area contributed by atoms with Gasteiger partial charge in [0.05, 0.1) is 12.0 Å². The van der Waals surface area contributed by atoms with E-state index in [1.54, 1.807) is 12.4 Å². The second kappa shape index (κ2) is 7.53. The second-order valence-corrected chi connectivity index (χ2v) is 5.74. The molecule has 25 heavy (non-hydrogen) atoms. The summed E-state index contributed by atoms with van der Waals surface area (Å²) in [6, 6.07) is 12.9. The standard InChI is InChI=1S/C19H18N4O2/c1-14-2-4-16(5-3-14)17-10-19(25)23(13-22-17)12-18(24)21-11-15-6-8-20-9-7-15/h2-10,13H,11-12H2,1H3,(H,21,24). The molecule has 0 aliphatic rings. The van der Waals surface area contributed by atoms with Crippen LogP contribution in [0, 0.1) is 6.92 Å². The van der Waals surface area contributed by atoms with Gasteiger partial charge in [0.15, 0.2) is 0 Å². The molecule has 0 aliphatic heterocycles. The molecule has 6 heteroatoms. The highest BCUT2D eigenvalue weighted by Gasteiger charge is 2.07. The normalized spacial score (nSPS) is 10.4. The van der Waals surface area contributed by atoms with Crippen molar-refractivity contribution in [2.24, 2.45) is 0 Å². The molecule has 0 radical (unpaired) electrons. The fraction of sp³-hybridized carbons (Fsp3) is 0.158. The maximum Gasteiger partial charge on any atom is 0.254 e. The molecule has 0 unspecified atom stereocenters. The number of carbonyl (C=O) groups is 1. The first kappa shape index (κ1) is 16.6. The number of hydrogen-bond acceptors (Lipinski definition) is 4. The maximum absolute atomic E-state index is 12.2. The minimum absolute atomic E-state index is 0.0644. The number of nitrogens with one attached hydrogen (secondary N) is 1. The number of aryl methyl sites for hydroxylation is 1. The van der Waals surface area contributed by atoms with E-state index >= 15 is 0 Å². The number of benzene rings is 1. The van der Waals surface area contributed by atoms with Crippen LogP contribution < -0.4 is 10.9 Å². The number of nitrogens with zero attached hydrogens (tertiary/aromatic N) is 3. The fourth-order valence-corrected chi connectivity index (χ4v) is 2.34. The Morgan fingerprint density at radius 1 is 1.12 bits per heavy atom. The summed E-state index contributed by atoms with van der Waals surface area (Å²) in [5.74, 6) is -0.246. The average Bonchev–Trinajstić information content (AvgIpc) is 2.63. The van der Waals surface area contributed by atoms with Gasteiger partial charge in [-0.05, 0) is 24.6 Å². The van der Waals surface area contributed by atoms with E-state index in [9.17, 15) is 9.59 Å². The van der Waals surface area contributed by atoms with Gasteiger partial charge in [-0.3, -0.25) is 19.1 Å². The first-order valence-corrected chi connectivity index (χ1v) is 7.91. The van der Waals surface area contributed by atoms with E-state index in [1.165, 1.54) is 17.0 Å². The van der Waals surface area contributed by atoms with Crippen LogP contribution in [0.5, 0.6) is 0 Å². The SMILES string of the molecule is Cc1ccc(-c2cc(=O)n(CC(=O)NCc3ccncc3)cn2)cc1. The number of aromatic nitrogens is 3. The lowest BCUT2D eigenvalue weighted by molar-refractivity contribution is -0.121. The summed E-state index contributed by atoms with van der Waals surface area (Å²) in [4.78, 5) is 32.4. The molecule has 3 aromatic rings. The third-order valence-corrected chi connectivity index (χ3v) is 3.78. The fourth-order valence-electron chi connectivity index (χ4n) is 2.34. The lowest BCUT2D eigenvalue weighted by atomic mass is 10.1. The van der Waals surface area contributed by atoms with Crippen molar-refractivity contribution in [1.82, 2.24) is 19.9 Å². The summed E-state index contributed by atoms with van der Waals surface area (Å²) in [7, 11) is 0. The zero-order valence-corrected chi connectivity index (χ0v) is 13.8. The van der Waals surface area contributed by atoms with Crippen molar-refractivity contribution in [1.29, 1.82) is 0 Å². The molecule has 6 nitrogen and oxygen atoms in total. The van der Waals surface area contributed by atoms with E-state index in [0.717, 1.165) is 16.7 Å². The number of rotatable bonds is 5. The van der Waals surface area contributed by atoms with Crippen LogP contribution >= 0.6 is 0 Å². The minimum Gasteiger partial charge on any atom is -0.350 e. The summed E-state index contributed by atoms with van der Waals surface area (Å²) in [5.41, 5.74) is 3.30. The Kier molecular flexibility index (Phi) is 4.99. The van der Waals surface area contributed by atoms with Crippen molar-refractivity contribution in [2.45, 2.75) is 20.0 Å². The summed E-state index contributed by atoms with van der Waals surface area (Å²) in [6.45, 7) is 2.33. The van der Waals surface area contributed by atoms with Gasteiger partial charge in [0.1, 0.15) is 6.54 Å². The van der Waals surface area contributed by atoms with E-state index < -0.39 is 0 Å².